The van der Waals surface area contributed by atoms with Crippen molar-refractivity contribution in [2.24, 2.45) is 0 Å². The maximum absolute atomic E-state index is 12.3. The van der Waals surface area contributed by atoms with Gasteiger partial charge in [0.15, 0.2) is 5.16 Å². The summed E-state index contributed by atoms with van der Waals surface area (Å²) in [5.41, 5.74) is 1.70. The molecule has 6 nitrogen and oxygen atoms in total. The Morgan fingerprint density at radius 3 is 2.88 bits per heavy atom. The maximum Gasteiger partial charge on any atom is 0.257 e. The number of carbonyl (C=O) groups excluding carboxylic acids is 1. The zero-order valence-electron chi connectivity index (χ0n) is 14.3. The molecule has 0 spiro atoms. The normalized spacial score (nSPS) is 15.7. The van der Waals surface area contributed by atoms with Gasteiger partial charge >= 0.3 is 0 Å². The molecule has 0 aliphatic carbocycles. The topological polar surface area (TPSA) is 73.2 Å². The number of hydrogen-bond donors (Lipinski definition) is 1. The fraction of sp³-hybridized carbons (Fsp3) is 0.389. The Hall–Kier alpha value is -2.28. The number of nitrogens with zero attached hydrogens (tertiary/aromatic N) is 2. The number of hydrogen-bond acceptors (Lipinski definition) is 5. The summed E-state index contributed by atoms with van der Waals surface area (Å²) in [4.78, 5) is 28.8. The summed E-state index contributed by atoms with van der Waals surface area (Å²) in [6, 6.07) is 7.67. The second kappa shape index (κ2) is 7.74. The molecule has 2 heterocycles. The lowest BCUT2D eigenvalue weighted by atomic mass is 10.1. The van der Waals surface area contributed by atoms with Crippen LogP contribution in [0.15, 0.2) is 40.4 Å². The van der Waals surface area contributed by atoms with E-state index in [2.05, 4.69) is 10.3 Å². The second-order valence-corrected chi connectivity index (χ2v) is 7.00. The summed E-state index contributed by atoms with van der Waals surface area (Å²) in [6.07, 6.45) is 2.65. The number of methoxy groups -OCH3 is 1. The molecule has 1 N–H and O–H groups in total. The van der Waals surface area contributed by atoms with Crippen LogP contribution in [-0.2, 0) is 11.2 Å². The lowest BCUT2D eigenvalue weighted by Crippen LogP contribution is -2.32. The van der Waals surface area contributed by atoms with Crippen molar-refractivity contribution in [3.8, 4) is 5.75 Å². The molecular weight excluding hydrogens is 338 g/mol. The maximum atomic E-state index is 12.3. The number of benzene rings is 1. The van der Waals surface area contributed by atoms with Crippen LogP contribution >= 0.6 is 11.8 Å². The van der Waals surface area contributed by atoms with E-state index in [0.717, 1.165) is 17.7 Å². The minimum absolute atomic E-state index is 0.0413. The standard InChI is InChI=1S/C18H21N3O3S/c1-12-10-20-18-21(17(12)23)14(11-25-18)9-16(22)19-8-7-13-3-5-15(24-2)6-4-13/h3-6,10,14H,7-9,11H2,1-2H3,(H,19,22)/t14-/m0/s1. The van der Waals surface area contributed by atoms with Gasteiger partial charge in [0.1, 0.15) is 5.75 Å². The number of ether oxygens (including phenoxy) is 1. The first-order chi connectivity index (χ1) is 12.1. The number of nitrogens with one attached hydrogen (secondary N) is 1. The van der Waals surface area contributed by atoms with E-state index in [9.17, 15) is 9.59 Å². The Kier molecular flexibility index (Phi) is 5.43. The predicted octanol–water partition coefficient (Wildman–Crippen LogP) is 1.96. The molecule has 25 heavy (non-hydrogen) atoms. The van der Waals surface area contributed by atoms with Gasteiger partial charge in [-0.15, -0.1) is 0 Å². The molecule has 1 aromatic carbocycles. The Balaban J connectivity index is 1.52. The predicted molar refractivity (Wildman–Crippen MR) is 97.3 cm³/mol. The first-order valence-corrected chi connectivity index (χ1v) is 9.17. The monoisotopic (exact) mass is 359 g/mol. The van der Waals surface area contributed by atoms with Crippen molar-refractivity contribution >= 4 is 17.7 Å². The van der Waals surface area contributed by atoms with Gasteiger partial charge in [-0.2, -0.15) is 0 Å². The zero-order valence-corrected chi connectivity index (χ0v) is 15.1. The van der Waals surface area contributed by atoms with Crippen LogP contribution in [0.1, 0.15) is 23.6 Å². The third-order valence-corrected chi connectivity index (χ3v) is 5.33. The first-order valence-electron chi connectivity index (χ1n) is 8.19. The minimum Gasteiger partial charge on any atom is -0.497 e. The van der Waals surface area contributed by atoms with Gasteiger partial charge in [0.05, 0.1) is 13.2 Å². The lowest BCUT2D eigenvalue weighted by molar-refractivity contribution is -0.121. The third-order valence-electron chi connectivity index (χ3n) is 4.22. The summed E-state index contributed by atoms with van der Waals surface area (Å²) in [5, 5.41) is 3.64. The average Bonchev–Trinajstić information content (AvgIpc) is 3.02. The van der Waals surface area contributed by atoms with Gasteiger partial charge in [0.25, 0.3) is 5.56 Å². The van der Waals surface area contributed by atoms with E-state index < -0.39 is 0 Å². The lowest BCUT2D eigenvalue weighted by Gasteiger charge is -2.13. The highest BCUT2D eigenvalue weighted by Gasteiger charge is 2.27. The molecule has 1 aliphatic rings. The summed E-state index contributed by atoms with van der Waals surface area (Å²) in [7, 11) is 1.64. The van der Waals surface area contributed by atoms with Crippen LogP contribution in [-0.4, -0.2) is 34.9 Å². The molecule has 1 aliphatic heterocycles. The van der Waals surface area contributed by atoms with E-state index in [0.29, 0.717) is 29.4 Å². The van der Waals surface area contributed by atoms with Crippen LogP contribution in [0.4, 0.5) is 0 Å². The van der Waals surface area contributed by atoms with Gasteiger partial charge in [-0.3, -0.25) is 14.2 Å². The van der Waals surface area contributed by atoms with E-state index in [-0.39, 0.29) is 17.5 Å². The van der Waals surface area contributed by atoms with E-state index >= 15 is 0 Å². The van der Waals surface area contributed by atoms with Crippen LogP contribution in [0.2, 0.25) is 0 Å². The van der Waals surface area contributed by atoms with E-state index in [1.165, 1.54) is 11.8 Å². The van der Waals surface area contributed by atoms with Crippen molar-refractivity contribution < 1.29 is 9.53 Å². The van der Waals surface area contributed by atoms with Gasteiger partial charge in [-0.25, -0.2) is 4.98 Å². The Bertz CT molecular complexity index is 817. The van der Waals surface area contributed by atoms with E-state index in [1.807, 2.05) is 24.3 Å². The van der Waals surface area contributed by atoms with E-state index in [4.69, 9.17) is 4.74 Å². The van der Waals surface area contributed by atoms with Crippen molar-refractivity contribution in [2.45, 2.75) is 31.0 Å². The van der Waals surface area contributed by atoms with Crippen LogP contribution in [0.25, 0.3) is 0 Å². The van der Waals surface area contributed by atoms with Crippen molar-refractivity contribution in [3.63, 3.8) is 0 Å². The highest BCUT2D eigenvalue weighted by molar-refractivity contribution is 7.99. The van der Waals surface area contributed by atoms with Crippen LogP contribution in [0.3, 0.4) is 0 Å². The van der Waals surface area contributed by atoms with Crippen LogP contribution in [0.5, 0.6) is 5.75 Å². The van der Waals surface area contributed by atoms with Gasteiger partial charge in [-0.1, -0.05) is 23.9 Å². The Morgan fingerprint density at radius 2 is 2.16 bits per heavy atom. The molecule has 132 valence electrons. The largest absolute Gasteiger partial charge is 0.497 e. The highest BCUT2D eigenvalue weighted by Crippen LogP contribution is 2.31. The average molecular weight is 359 g/mol. The number of aromatic nitrogens is 2. The summed E-state index contributed by atoms with van der Waals surface area (Å²) >= 11 is 1.52. The molecule has 0 fully saturated rings. The minimum atomic E-state index is -0.124. The van der Waals surface area contributed by atoms with E-state index in [1.54, 1.807) is 24.8 Å². The number of rotatable bonds is 6. The summed E-state index contributed by atoms with van der Waals surface area (Å²) in [5.74, 6) is 1.48. The Labute approximate surface area is 150 Å². The molecule has 1 amide bonds. The zero-order chi connectivity index (χ0) is 17.8. The molecule has 0 saturated heterocycles. The molecule has 0 radical (unpaired) electrons. The van der Waals surface area contributed by atoms with Gasteiger partial charge in [0, 0.05) is 30.5 Å². The third kappa shape index (κ3) is 4.04. The number of amides is 1. The van der Waals surface area contributed by atoms with Crippen molar-refractivity contribution in [1.82, 2.24) is 14.9 Å². The molecule has 2 aromatic rings. The second-order valence-electron chi connectivity index (χ2n) is 6.02. The number of carbonyl (C=O) groups is 1. The van der Waals surface area contributed by atoms with Gasteiger partial charge in [-0.05, 0) is 31.0 Å². The summed E-state index contributed by atoms with van der Waals surface area (Å²) in [6.45, 7) is 2.32. The van der Waals surface area contributed by atoms with Gasteiger partial charge < -0.3 is 10.1 Å². The van der Waals surface area contributed by atoms with Crippen LogP contribution < -0.4 is 15.6 Å². The molecule has 0 unspecified atom stereocenters. The Morgan fingerprint density at radius 1 is 1.40 bits per heavy atom. The highest BCUT2D eigenvalue weighted by atomic mass is 32.2. The molecule has 0 saturated carbocycles. The molecule has 1 aromatic heterocycles. The number of thioether (sulfide) groups is 1. The van der Waals surface area contributed by atoms with Crippen molar-refractivity contribution in [2.75, 3.05) is 19.4 Å². The molecule has 0 bridgehead atoms. The molecule has 7 heteroatoms. The fourth-order valence-corrected chi connectivity index (χ4v) is 3.90. The smallest absolute Gasteiger partial charge is 0.257 e. The number of fused-ring (bicyclic) bond motifs is 1. The SMILES string of the molecule is COc1ccc(CCNC(=O)C[C@H]2CSc3ncc(C)c(=O)n32)cc1. The number of aryl methyl sites for hydroxylation is 1. The van der Waals surface area contributed by atoms with Crippen molar-refractivity contribution in [1.29, 1.82) is 0 Å². The first kappa shape index (κ1) is 17.5. The van der Waals surface area contributed by atoms with Crippen LogP contribution in [0, 0.1) is 6.92 Å². The summed E-state index contributed by atoms with van der Waals surface area (Å²) < 4.78 is 6.78. The molecule has 1 atom stereocenters. The fourth-order valence-electron chi connectivity index (χ4n) is 2.80. The van der Waals surface area contributed by atoms with Crippen molar-refractivity contribution in [3.05, 3.63) is 51.9 Å². The molecular formula is C18H21N3O3S. The quantitative estimate of drug-likeness (QED) is 0.798. The molecule has 3 rings (SSSR count). The van der Waals surface area contributed by atoms with Gasteiger partial charge in [0.2, 0.25) is 5.91 Å².